The molecule has 1 aliphatic carbocycles. The molecule has 2 aliphatic heterocycles. The zero-order valence-electron chi connectivity index (χ0n) is 14.1. The van der Waals surface area contributed by atoms with Gasteiger partial charge >= 0.3 is 0 Å². The lowest BCUT2D eigenvalue weighted by Crippen LogP contribution is -2.48. The van der Waals surface area contributed by atoms with Crippen molar-refractivity contribution in [3.8, 4) is 5.75 Å². The number of hydrogen-bond acceptors (Lipinski definition) is 4. The Hall–Kier alpha value is -0.520. The molecule has 1 aromatic rings. The van der Waals surface area contributed by atoms with Gasteiger partial charge in [-0.15, -0.1) is 24.8 Å². The van der Waals surface area contributed by atoms with Gasteiger partial charge in [-0.2, -0.15) is 0 Å². The predicted molar refractivity (Wildman–Crippen MR) is 103 cm³/mol. The molecule has 3 atom stereocenters. The van der Waals surface area contributed by atoms with Gasteiger partial charge in [-0.05, 0) is 43.0 Å². The van der Waals surface area contributed by atoms with E-state index in [0.29, 0.717) is 0 Å². The Labute approximate surface area is 157 Å². The third-order valence-corrected chi connectivity index (χ3v) is 5.62. The summed E-state index contributed by atoms with van der Waals surface area (Å²) in [7, 11) is 0. The van der Waals surface area contributed by atoms with E-state index in [9.17, 15) is 0 Å². The van der Waals surface area contributed by atoms with Crippen LogP contribution in [0.1, 0.15) is 0 Å². The third kappa shape index (κ3) is 4.77. The first-order valence-electron chi connectivity index (χ1n) is 8.73. The van der Waals surface area contributed by atoms with Crippen LogP contribution in [-0.2, 0) is 0 Å². The predicted octanol–water partition coefficient (Wildman–Crippen LogP) is 1.99. The first-order valence-corrected chi connectivity index (χ1v) is 8.73. The molecule has 2 heterocycles. The molecule has 0 amide bonds. The van der Waals surface area contributed by atoms with E-state index in [1.807, 2.05) is 30.3 Å². The second-order valence-corrected chi connectivity index (χ2v) is 6.95. The highest BCUT2D eigenvalue weighted by Crippen LogP contribution is 2.48. The SMILES string of the molecule is Cl.Cl.c1ccc(OCCN2CCN(CC3[C@H]4CNC[C@@H]34)CC2)cc1. The fourth-order valence-corrected chi connectivity index (χ4v) is 4.12. The second-order valence-electron chi connectivity index (χ2n) is 6.95. The van der Waals surface area contributed by atoms with Crippen molar-refractivity contribution in [3.05, 3.63) is 30.3 Å². The summed E-state index contributed by atoms with van der Waals surface area (Å²) in [6, 6.07) is 10.1. The summed E-state index contributed by atoms with van der Waals surface area (Å²) in [5.41, 5.74) is 0. The van der Waals surface area contributed by atoms with Crippen molar-refractivity contribution >= 4 is 24.8 Å². The van der Waals surface area contributed by atoms with E-state index < -0.39 is 0 Å². The number of ether oxygens (including phenoxy) is 1. The van der Waals surface area contributed by atoms with E-state index >= 15 is 0 Å². The number of nitrogens with zero attached hydrogens (tertiary/aromatic N) is 2. The number of piperazine rings is 1. The van der Waals surface area contributed by atoms with Crippen LogP contribution in [-0.4, -0.2) is 68.8 Å². The Morgan fingerprint density at radius 3 is 2.21 bits per heavy atom. The lowest BCUT2D eigenvalue weighted by atomic mass is 10.2. The standard InChI is InChI=1S/C18H27N3O.2ClH/c1-2-4-15(5-3-1)22-11-10-20-6-8-21(9-7-20)14-18-16-12-19-13-17(16)18;;/h1-5,16-19H,6-14H2;2*1H/t16-,17+,18?;;. The van der Waals surface area contributed by atoms with Crippen LogP contribution in [0.4, 0.5) is 0 Å². The molecule has 1 aromatic carbocycles. The minimum atomic E-state index is 0. The summed E-state index contributed by atoms with van der Waals surface area (Å²) in [6.45, 7) is 10.6. The molecule has 24 heavy (non-hydrogen) atoms. The van der Waals surface area contributed by atoms with Gasteiger partial charge in [-0.3, -0.25) is 4.90 Å². The quantitative estimate of drug-likeness (QED) is 0.824. The molecule has 0 bridgehead atoms. The lowest BCUT2D eigenvalue weighted by Gasteiger charge is -2.35. The van der Waals surface area contributed by atoms with Gasteiger partial charge in [0, 0.05) is 39.3 Å². The number of benzene rings is 1. The number of halogens is 2. The highest BCUT2D eigenvalue weighted by atomic mass is 35.5. The van der Waals surface area contributed by atoms with E-state index in [-0.39, 0.29) is 24.8 Å². The number of nitrogens with one attached hydrogen (secondary N) is 1. The molecule has 2 saturated heterocycles. The first kappa shape index (κ1) is 19.8. The Balaban J connectivity index is 0.00000104. The molecule has 1 unspecified atom stereocenters. The molecule has 1 saturated carbocycles. The zero-order valence-corrected chi connectivity index (χ0v) is 15.7. The molecule has 0 radical (unpaired) electrons. The molecule has 4 rings (SSSR count). The smallest absolute Gasteiger partial charge is 0.119 e. The largest absolute Gasteiger partial charge is 0.492 e. The van der Waals surface area contributed by atoms with Crippen LogP contribution < -0.4 is 10.1 Å². The minimum absolute atomic E-state index is 0. The fraction of sp³-hybridized carbons (Fsp3) is 0.667. The van der Waals surface area contributed by atoms with Gasteiger partial charge in [0.1, 0.15) is 12.4 Å². The van der Waals surface area contributed by atoms with E-state index in [1.165, 1.54) is 45.8 Å². The molecule has 0 spiro atoms. The van der Waals surface area contributed by atoms with Gasteiger partial charge in [0.15, 0.2) is 0 Å². The van der Waals surface area contributed by atoms with Crippen molar-refractivity contribution in [2.75, 3.05) is 59.0 Å². The maximum absolute atomic E-state index is 5.80. The maximum Gasteiger partial charge on any atom is 0.119 e. The van der Waals surface area contributed by atoms with Gasteiger partial charge < -0.3 is 15.0 Å². The Morgan fingerprint density at radius 2 is 1.54 bits per heavy atom. The van der Waals surface area contributed by atoms with Crippen molar-refractivity contribution in [1.82, 2.24) is 15.1 Å². The van der Waals surface area contributed by atoms with E-state index in [1.54, 1.807) is 0 Å². The summed E-state index contributed by atoms with van der Waals surface area (Å²) in [5, 5.41) is 3.49. The molecular weight excluding hydrogens is 345 g/mol. The topological polar surface area (TPSA) is 27.7 Å². The van der Waals surface area contributed by atoms with Crippen LogP contribution in [0.15, 0.2) is 30.3 Å². The van der Waals surface area contributed by atoms with Gasteiger partial charge in [-0.1, -0.05) is 18.2 Å². The van der Waals surface area contributed by atoms with Gasteiger partial charge in [0.2, 0.25) is 0 Å². The lowest BCUT2D eigenvalue weighted by molar-refractivity contribution is 0.111. The molecule has 0 aromatic heterocycles. The van der Waals surface area contributed by atoms with Gasteiger partial charge in [0.05, 0.1) is 0 Å². The van der Waals surface area contributed by atoms with Crippen molar-refractivity contribution in [1.29, 1.82) is 0 Å². The van der Waals surface area contributed by atoms with Crippen LogP contribution in [0.25, 0.3) is 0 Å². The van der Waals surface area contributed by atoms with Crippen LogP contribution in [0.5, 0.6) is 5.75 Å². The highest BCUT2D eigenvalue weighted by Gasteiger charge is 2.52. The fourth-order valence-electron chi connectivity index (χ4n) is 4.12. The summed E-state index contributed by atoms with van der Waals surface area (Å²) >= 11 is 0. The number of fused-ring (bicyclic) bond motifs is 1. The molecule has 1 N–H and O–H groups in total. The van der Waals surface area contributed by atoms with Gasteiger partial charge in [-0.25, -0.2) is 0 Å². The van der Waals surface area contributed by atoms with Crippen molar-refractivity contribution in [3.63, 3.8) is 0 Å². The first-order chi connectivity index (χ1) is 10.9. The average molecular weight is 374 g/mol. The summed E-state index contributed by atoms with van der Waals surface area (Å²) in [4.78, 5) is 5.21. The second kappa shape index (κ2) is 9.25. The Morgan fingerprint density at radius 1 is 0.917 bits per heavy atom. The van der Waals surface area contributed by atoms with Crippen LogP contribution in [0, 0.1) is 17.8 Å². The zero-order chi connectivity index (χ0) is 14.8. The normalized spacial score (nSPS) is 29.2. The highest BCUT2D eigenvalue weighted by molar-refractivity contribution is 5.85. The molecule has 136 valence electrons. The maximum atomic E-state index is 5.80. The molecule has 3 fully saturated rings. The van der Waals surface area contributed by atoms with Crippen LogP contribution >= 0.6 is 24.8 Å². The van der Waals surface area contributed by atoms with Crippen LogP contribution in [0.3, 0.4) is 0 Å². The van der Waals surface area contributed by atoms with Crippen LogP contribution in [0.2, 0.25) is 0 Å². The van der Waals surface area contributed by atoms with E-state index in [4.69, 9.17) is 4.74 Å². The molecule has 6 heteroatoms. The van der Waals surface area contributed by atoms with E-state index in [2.05, 4.69) is 15.1 Å². The molecule has 3 aliphatic rings. The number of para-hydroxylation sites is 1. The van der Waals surface area contributed by atoms with Crippen molar-refractivity contribution in [2.45, 2.75) is 0 Å². The Bertz CT molecular complexity index is 472. The van der Waals surface area contributed by atoms with Crippen molar-refractivity contribution < 1.29 is 4.74 Å². The Kier molecular flexibility index (Phi) is 7.63. The molecule has 4 nitrogen and oxygen atoms in total. The molecular formula is C18H29Cl2N3O. The number of piperidine rings is 1. The number of rotatable bonds is 6. The van der Waals surface area contributed by atoms with E-state index in [0.717, 1.165) is 36.7 Å². The summed E-state index contributed by atoms with van der Waals surface area (Å²) < 4.78 is 5.80. The third-order valence-electron chi connectivity index (χ3n) is 5.62. The summed E-state index contributed by atoms with van der Waals surface area (Å²) in [6.07, 6.45) is 0. The average Bonchev–Trinajstić information content (AvgIpc) is 2.98. The number of hydrogen-bond donors (Lipinski definition) is 1. The minimum Gasteiger partial charge on any atom is -0.492 e. The summed E-state index contributed by atoms with van der Waals surface area (Å²) in [5.74, 6) is 3.97. The monoisotopic (exact) mass is 373 g/mol. The van der Waals surface area contributed by atoms with Gasteiger partial charge in [0.25, 0.3) is 0 Å². The van der Waals surface area contributed by atoms with Crippen molar-refractivity contribution in [2.24, 2.45) is 17.8 Å².